The van der Waals surface area contributed by atoms with Gasteiger partial charge in [-0.25, -0.2) is 9.97 Å². The third-order valence-corrected chi connectivity index (χ3v) is 3.52. The van der Waals surface area contributed by atoms with Crippen LogP contribution in [0.25, 0.3) is 0 Å². The van der Waals surface area contributed by atoms with Crippen molar-refractivity contribution in [1.29, 1.82) is 0 Å². The van der Waals surface area contributed by atoms with Crippen molar-refractivity contribution in [3.63, 3.8) is 0 Å². The number of nitrogens with one attached hydrogen (secondary N) is 2. The van der Waals surface area contributed by atoms with Crippen LogP contribution < -0.4 is 10.6 Å². The van der Waals surface area contributed by atoms with Crippen molar-refractivity contribution >= 4 is 11.6 Å². The highest BCUT2D eigenvalue weighted by molar-refractivity contribution is 5.57. The predicted molar refractivity (Wildman–Crippen MR) is 83.6 cm³/mol. The molecule has 0 atom stereocenters. The Labute approximate surface area is 125 Å². The highest BCUT2D eigenvalue weighted by Crippen LogP contribution is 2.22. The molecule has 0 spiro atoms. The molecular weight excluding hydrogens is 266 g/mol. The van der Waals surface area contributed by atoms with E-state index in [4.69, 9.17) is 4.52 Å². The van der Waals surface area contributed by atoms with Gasteiger partial charge in [0.2, 0.25) is 0 Å². The Hall–Kier alpha value is -2.11. The maximum absolute atomic E-state index is 5.19. The van der Waals surface area contributed by atoms with E-state index in [9.17, 15) is 0 Å². The van der Waals surface area contributed by atoms with Gasteiger partial charge in [0.15, 0.2) is 0 Å². The van der Waals surface area contributed by atoms with Gasteiger partial charge in [0.25, 0.3) is 0 Å². The van der Waals surface area contributed by atoms with Crippen LogP contribution in [0.3, 0.4) is 0 Å². The van der Waals surface area contributed by atoms with E-state index in [1.165, 1.54) is 0 Å². The molecule has 0 aliphatic heterocycles. The summed E-state index contributed by atoms with van der Waals surface area (Å²) in [5.74, 6) is 3.43. The van der Waals surface area contributed by atoms with Crippen LogP contribution in [0.4, 0.5) is 11.6 Å². The van der Waals surface area contributed by atoms with Crippen molar-refractivity contribution in [2.24, 2.45) is 0 Å². The number of hydrogen-bond donors (Lipinski definition) is 2. The molecule has 2 aromatic rings. The normalized spacial score (nSPS) is 10.7. The number of hydrogen-bond acceptors (Lipinski definition) is 6. The van der Waals surface area contributed by atoms with Gasteiger partial charge in [0, 0.05) is 31.1 Å². The summed E-state index contributed by atoms with van der Waals surface area (Å²) in [6, 6.07) is 0. The molecule has 2 aromatic heterocycles. The summed E-state index contributed by atoms with van der Waals surface area (Å²) >= 11 is 0. The number of nitrogens with zero attached hydrogens (tertiary/aromatic N) is 3. The van der Waals surface area contributed by atoms with Crippen LogP contribution in [0.2, 0.25) is 0 Å². The van der Waals surface area contributed by atoms with Crippen molar-refractivity contribution in [3.8, 4) is 0 Å². The maximum Gasteiger partial charge on any atom is 0.138 e. The summed E-state index contributed by atoms with van der Waals surface area (Å²) in [6.07, 6.45) is 1.89. The zero-order valence-corrected chi connectivity index (χ0v) is 13.4. The monoisotopic (exact) mass is 289 g/mol. The van der Waals surface area contributed by atoms with E-state index in [1.54, 1.807) is 0 Å². The first-order valence-corrected chi connectivity index (χ1v) is 7.27. The molecule has 2 N–H and O–H groups in total. The molecule has 0 fully saturated rings. The van der Waals surface area contributed by atoms with Crippen LogP contribution in [0.15, 0.2) is 4.52 Å². The molecular formula is C15H23N5O. The fourth-order valence-corrected chi connectivity index (χ4v) is 2.24. The molecule has 0 saturated heterocycles. The van der Waals surface area contributed by atoms with Crippen LogP contribution in [0.5, 0.6) is 0 Å². The van der Waals surface area contributed by atoms with Gasteiger partial charge in [0.1, 0.15) is 23.2 Å². The van der Waals surface area contributed by atoms with Crippen LogP contribution in [-0.4, -0.2) is 22.2 Å². The minimum absolute atomic E-state index is 0.647. The van der Waals surface area contributed by atoms with Gasteiger partial charge < -0.3 is 15.2 Å². The molecule has 2 heterocycles. The Balaban J connectivity index is 2.24. The largest absolute Gasteiger partial charge is 0.373 e. The average molecular weight is 289 g/mol. The van der Waals surface area contributed by atoms with E-state index in [1.807, 2.05) is 27.8 Å². The lowest BCUT2D eigenvalue weighted by molar-refractivity contribution is 0.392. The van der Waals surface area contributed by atoms with Gasteiger partial charge in [-0.15, -0.1) is 0 Å². The molecule has 0 aromatic carbocycles. The Kier molecular flexibility index (Phi) is 4.77. The lowest BCUT2D eigenvalue weighted by Crippen LogP contribution is -2.10. The molecule has 0 aliphatic rings. The number of rotatable bonds is 6. The van der Waals surface area contributed by atoms with Crippen LogP contribution >= 0.6 is 0 Å². The van der Waals surface area contributed by atoms with Gasteiger partial charge >= 0.3 is 0 Å². The molecule has 2 rings (SSSR count). The summed E-state index contributed by atoms with van der Waals surface area (Å²) in [5, 5.41) is 10.5. The van der Waals surface area contributed by atoms with Crippen LogP contribution in [0.1, 0.15) is 41.8 Å². The van der Waals surface area contributed by atoms with Crippen molar-refractivity contribution in [1.82, 2.24) is 15.1 Å². The fourth-order valence-electron chi connectivity index (χ4n) is 2.24. The van der Waals surface area contributed by atoms with Crippen LogP contribution in [-0.2, 0) is 13.0 Å². The Morgan fingerprint density at radius 2 is 1.81 bits per heavy atom. The number of aryl methyl sites for hydroxylation is 3. The molecule has 6 heteroatoms. The zero-order chi connectivity index (χ0) is 15.4. The lowest BCUT2D eigenvalue weighted by atomic mass is 10.2. The second kappa shape index (κ2) is 6.56. The second-order valence-electron chi connectivity index (χ2n) is 5.12. The first-order valence-electron chi connectivity index (χ1n) is 7.27. The van der Waals surface area contributed by atoms with Crippen molar-refractivity contribution in [3.05, 3.63) is 28.4 Å². The molecule has 0 radical (unpaired) electrons. The van der Waals surface area contributed by atoms with Gasteiger partial charge in [-0.3, -0.25) is 0 Å². The van der Waals surface area contributed by atoms with Gasteiger partial charge in [-0.2, -0.15) is 0 Å². The molecule has 0 aliphatic carbocycles. The summed E-state index contributed by atoms with van der Waals surface area (Å²) in [5.41, 5.74) is 3.01. The van der Waals surface area contributed by atoms with E-state index in [0.717, 1.165) is 52.9 Å². The topological polar surface area (TPSA) is 75.9 Å². The Morgan fingerprint density at radius 1 is 1.10 bits per heavy atom. The minimum Gasteiger partial charge on any atom is -0.373 e. The van der Waals surface area contributed by atoms with Crippen LogP contribution in [0, 0.1) is 20.8 Å². The van der Waals surface area contributed by atoms with E-state index in [2.05, 4.69) is 32.7 Å². The molecule has 0 unspecified atom stereocenters. The van der Waals surface area contributed by atoms with E-state index < -0.39 is 0 Å². The molecule has 0 bridgehead atoms. The quantitative estimate of drug-likeness (QED) is 0.851. The lowest BCUT2D eigenvalue weighted by Gasteiger charge is -2.13. The van der Waals surface area contributed by atoms with Gasteiger partial charge in [0.05, 0.1) is 5.69 Å². The van der Waals surface area contributed by atoms with E-state index in [0.29, 0.717) is 6.54 Å². The van der Waals surface area contributed by atoms with Gasteiger partial charge in [-0.05, 0) is 27.2 Å². The maximum atomic E-state index is 5.19. The SMILES string of the molecule is CCCc1nc(NC)c(C)c(NCc2c(C)noc2C)n1. The third kappa shape index (κ3) is 3.32. The highest BCUT2D eigenvalue weighted by atomic mass is 16.5. The molecule has 6 nitrogen and oxygen atoms in total. The number of aromatic nitrogens is 3. The van der Waals surface area contributed by atoms with Crippen molar-refractivity contribution in [2.45, 2.75) is 47.1 Å². The second-order valence-corrected chi connectivity index (χ2v) is 5.12. The van der Waals surface area contributed by atoms with Crippen molar-refractivity contribution in [2.75, 3.05) is 17.7 Å². The number of anilines is 2. The molecule has 21 heavy (non-hydrogen) atoms. The van der Waals surface area contributed by atoms with E-state index >= 15 is 0 Å². The first-order chi connectivity index (χ1) is 10.1. The van der Waals surface area contributed by atoms with Gasteiger partial charge in [-0.1, -0.05) is 12.1 Å². The standard InChI is InChI=1S/C15H23N5O/c1-6-7-13-18-14(16-5)9(2)15(19-13)17-8-12-10(3)20-21-11(12)4/h6-8H2,1-5H3,(H2,16,17,18,19). The Morgan fingerprint density at radius 3 is 2.38 bits per heavy atom. The summed E-state index contributed by atoms with van der Waals surface area (Å²) in [7, 11) is 1.88. The average Bonchev–Trinajstić information content (AvgIpc) is 2.78. The fraction of sp³-hybridized carbons (Fsp3) is 0.533. The third-order valence-electron chi connectivity index (χ3n) is 3.52. The zero-order valence-electron chi connectivity index (χ0n) is 13.4. The predicted octanol–water partition coefficient (Wildman–Crippen LogP) is 3.00. The van der Waals surface area contributed by atoms with E-state index in [-0.39, 0.29) is 0 Å². The Bertz CT molecular complexity index is 601. The highest BCUT2D eigenvalue weighted by Gasteiger charge is 2.12. The summed E-state index contributed by atoms with van der Waals surface area (Å²) in [6.45, 7) is 8.65. The summed E-state index contributed by atoms with van der Waals surface area (Å²) in [4.78, 5) is 9.14. The molecule has 0 amide bonds. The van der Waals surface area contributed by atoms with Crippen molar-refractivity contribution < 1.29 is 4.52 Å². The summed E-state index contributed by atoms with van der Waals surface area (Å²) < 4.78 is 5.19. The molecule has 0 saturated carbocycles. The first kappa shape index (κ1) is 15.3. The minimum atomic E-state index is 0.647. The smallest absolute Gasteiger partial charge is 0.138 e. The molecule has 114 valence electrons.